The van der Waals surface area contributed by atoms with Gasteiger partial charge in [-0.1, -0.05) is 54.1 Å². The summed E-state index contributed by atoms with van der Waals surface area (Å²) in [5, 5.41) is 15.6. The second-order valence-electron chi connectivity index (χ2n) is 8.93. The van der Waals surface area contributed by atoms with E-state index in [1.807, 2.05) is 120 Å². The maximum atomic E-state index is 10.0. The highest BCUT2D eigenvalue weighted by molar-refractivity contribution is 6.30. The predicted octanol–water partition coefficient (Wildman–Crippen LogP) is 7.71. The second-order valence-corrected chi connectivity index (χ2v) is 9.36. The van der Waals surface area contributed by atoms with Crippen molar-refractivity contribution in [2.24, 2.45) is 0 Å². The Labute approximate surface area is 230 Å². The van der Waals surface area contributed by atoms with Crippen LogP contribution in [0.5, 0.6) is 5.75 Å². The van der Waals surface area contributed by atoms with E-state index in [0.29, 0.717) is 23.0 Å². The van der Waals surface area contributed by atoms with Crippen molar-refractivity contribution in [1.29, 1.82) is 5.26 Å². The molecule has 0 unspecified atom stereocenters. The number of halogens is 1. The van der Waals surface area contributed by atoms with Gasteiger partial charge >= 0.3 is 0 Å². The van der Waals surface area contributed by atoms with Gasteiger partial charge in [-0.15, -0.1) is 0 Å². The highest BCUT2D eigenvalue weighted by Gasteiger charge is 2.15. The zero-order chi connectivity index (χ0) is 26.6. The number of hydrogen-bond donors (Lipinski definition) is 1. The number of rotatable bonds is 7. The molecule has 0 amide bonds. The zero-order valence-corrected chi connectivity index (χ0v) is 21.5. The number of hydrogen-bond acceptors (Lipinski definition) is 4. The van der Waals surface area contributed by atoms with E-state index in [9.17, 15) is 5.26 Å². The van der Waals surface area contributed by atoms with Gasteiger partial charge in [0, 0.05) is 22.3 Å². The van der Waals surface area contributed by atoms with Gasteiger partial charge in [0.2, 0.25) is 0 Å². The van der Waals surface area contributed by atoms with Crippen molar-refractivity contribution in [3.63, 3.8) is 0 Å². The largest absolute Gasteiger partial charge is 0.489 e. The minimum Gasteiger partial charge on any atom is -0.489 e. The molecular weight excluding hydrogens is 506 g/mol. The third-order valence-electron chi connectivity index (χ3n) is 6.27. The lowest BCUT2D eigenvalue weighted by atomic mass is 10.1. The van der Waals surface area contributed by atoms with Crippen molar-refractivity contribution in [3.05, 3.63) is 131 Å². The summed E-state index contributed by atoms with van der Waals surface area (Å²) in [4.78, 5) is 7.86. The SMILES string of the molecule is N#C/C(=C/c1cn(-c2ccccc2)nc1-c1ccc(OCc2ccc(Cl)cc2)cc1)c1nc2ccccc2[nH]1. The number of fused-ring (bicyclic) bond motifs is 1. The first-order valence-electron chi connectivity index (χ1n) is 12.4. The molecule has 0 radical (unpaired) electrons. The first kappa shape index (κ1) is 24.2. The van der Waals surface area contributed by atoms with Gasteiger partial charge in [0.05, 0.1) is 28.0 Å². The maximum absolute atomic E-state index is 10.0. The monoisotopic (exact) mass is 527 g/mol. The second kappa shape index (κ2) is 10.7. The fourth-order valence-electron chi connectivity index (χ4n) is 4.28. The lowest BCUT2D eigenvalue weighted by Crippen LogP contribution is -1.95. The average Bonchev–Trinajstić information content (AvgIpc) is 3.61. The van der Waals surface area contributed by atoms with E-state index in [1.54, 1.807) is 0 Å². The van der Waals surface area contributed by atoms with Crippen molar-refractivity contribution in [2.75, 3.05) is 0 Å². The lowest BCUT2D eigenvalue weighted by molar-refractivity contribution is 0.306. The number of imidazole rings is 1. The fraction of sp³-hybridized carbons (Fsp3) is 0.0312. The molecule has 0 aliphatic carbocycles. The van der Waals surface area contributed by atoms with Gasteiger partial charge in [-0.05, 0) is 72.3 Å². The topological polar surface area (TPSA) is 79.5 Å². The number of nitrogens with zero attached hydrogens (tertiary/aromatic N) is 4. The molecule has 188 valence electrons. The zero-order valence-electron chi connectivity index (χ0n) is 20.8. The van der Waals surface area contributed by atoms with E-state index in [2.05, 4.69) is 16.0 Å². The summed E-state index contributed by atoms with van der Waals surface area (Å²) < 4.78 is 7.78. The average molecular weight is 528 g/mol. The number of benzene rings is 4. The molecule has 0 fully saturated rings. The smallest absolute Gasteiger partial charge is 0.149 e. The van der Waals surface area contributed by atoms with Crippen LogP contribution in [0.25, 0.3) is 39.6 Å². The molecule has 1 N–H and O–H groups in total. The van der Waals surface area contributed by atoms with Crippen LogP contribution < -0.4 is 4.74 Å². The van der Waals surface area contributed by atoms with Crippen LogP contribution in [0.15, 0.2) is 109 Å². The van der Waals surface area contributed by atoms with Crippen LogP contribution in [-0.2, 0) is 6.61 Å². The van der Waals surface area contributed by atoms with Crippen molar-refractivity contribution in [3.8, 4) is 28.8 Å². The number of ether oxygens (including phenoxy) is 1. The summed E-state index contributed by atoms with van der Waals surface area (Å²) in [7, 11) is 0. The van der Waals surface area contributed by atoms with Crippen molar-refractivity contribution in [2.45, 2.75) is 6.61 Å². The van der Waals surface area contributed by atoms with Gasteiger partial charge < -0.3 is 9.72 Å². The Hall–Kier alpha value is -5.12. The van der Waals surface area contributed by atoms with E-state index in [-0.39, 0.29) is 0 Å². The van der Waals surface area contributed by atoms with Crippen LogP contribution in [-0.4, -0.2) is 19.7 Å². The van der Waals surface area contributed by atoms with E-state index < -0.39 is 0 Å². The van der Waals surface area contributed by atoms with Crippen LogP contribution in [0.1, 0.15) is 17.0 Å². The Kier molecular flexibility index (Phi) is 6.65. The van der Waals surface area contributed by atoms with Crippen LogP contribution in [0.4, 0.5) is 0 Å². The molecule has 0 atom stereocenters. The number of aromatic amines is 1. The molecule has 39 heavy (non-hydrogen) atoms. The Morgan fingerprint density at radius 2 is 1.67 bits per heavy atom. The molecule has 6 aromatic rings. The van der Waals surface area contributed by atoms with Gasteiger partial charge in [0.25, 0.3) is 0 Å². The standard InChI is InChI=1S/C32H22ClN5O/c33-26-14-10-22(11-15-26)21-39-28-16-12-23(13-17-28)31-25(20-38(37-31)27-6-2-1-3-7-27)18-24(19-34)32-35-29-8-4-5-9-30(29)36-32/h1-18,20H,21H2,(H,35,36)/b24-18-. The summed E-state index contributed by atoms with van der Waals surface area (Å²) >= 11 is 5.98. The van der Waals surface area contributed by atoms with Gasteiger partial charge in [-0.25, -0.2) is 9.67 Å². The third kappa shape index (κ3) is 5.30. The third-order valence-corrected chi connectivity index (χ3v) is 6.53. The molecule has 7 heteroatoms. The number of aromatic nitrogens is 4. The van der Waals surface area contributed by atoms with Gasteiger partial charge in [0.15, 0.2) is 0 Å². The molecule has 0 saturated carbocycles. The number of para-hydroxylation sites is 3. The molecule has 0 saturated heterocycles. The minimum absolute atomic E-state index is 0.419. The van der Waals surface area contributed by atoms with Crippen molar-refractivity contribution >= 4 is 34.3 Å². The summed E-state index contributed by atoms with van der Waals surface area (Å²) in [5.74, 6) is 1.26. The number of nitriles is 1. The van der Waals surface area contributed by atoms with Gasteiger partial charge in [0.1, 0.15) is 24.3 Å². The first-order valence-corrected chi connectivity index (χ1v) is 12.7. The fourth-order valence-corrected chi connectivity index (χ4v) is 4.40. The van der Waals surface area contributed by atoms with Crippen LogP contribution in [0, 0.1) is 11.3 Å². The Bertz CT molecular complexity index is 1780. The highest BCUT2D eigenvalue weighted by Crippen LogP contribution is 2.29. The van der Waals surface area contributed by atoms with E-state index in [4.69, 9.17) is 21.4 Å². The molecule has 0 aliphatic rings. The Morgan fingerprint density at radius 1 is 0.923 bits per heavy atom. The summed E-state index contributed by atoms with van der Waals surface area (Å²) in [6.07, 6.45) is 3.75. The number of nitrogens with one attached hydrogen (secondary N) is 1. The maximum Gasteiger partial charge on any atom is 0.149 e. The lowest BCUT2D eigenvalue weighted by Gasteiger charge is -2.07. The highest BCUT2D eigenvalue weighted by atomic mass is 35.5. The van der Waals surface area contributed by atoms with E-state index in [0.717, 1.165) is 44.9 Å². The first-order chi connectivity index (χ1) is 19.2. The van der Waals surface area contributed by atoms with E-state index >= 15 is 0 Å². The van der Waals surface area contributed by atoms with Crippen LogP contribution in [0.2, 0.25) is 5.02 Å². The van der Waals surface area contributed by atoms with E-state index in [1.165, 1.54) is 0 Å². The Morgan fingerprint density at radius 3 is 2.41 bits per heavy atom. The van der Waals surface area contributed by atoms with Gasteiger partial charge in [-0.3, -0.25) is 0 Å². The molecule has 2 heterocycles. The minimum atomic E-state index is 0.419. The van der Waals surface area contributed by atoms with Crippen molar-refractivity contribution < 1.29 is 4.74 Å². The van der Waals surface area contributed by atoms with Crippen LogP contribution in [0.3, 0.4) is 0 Å². The summed E-state index contributed by atoms with van der Waals surface area (Å²) in [6, 6.07) is 35.3. The van der Waals surface area contributed by atoms with Crippen molar-refractivity contribution in [1.82, 2.24) is 19.7 Å². The molecule has 0 bridgehead atoms. The quantitative estimate of drug-likeness (QED) is 0.216. The van der Waals surface area contributed by atoms with Crippen LogP contribution >= 0.6 is 11.6 Å². The molecular formula is C32H22ClN5O. The molecule has 6 rings (SSSR count). The molecule has 2 aromatic heterocycles. The molecule has 4 aromatic carbocycles. The predicted molar refractivity (Wildman–Crippen MR) is 154 cm³/mol. The molecule has 0 spiro atoms. The normalized spacial score (nSPS) is 11.4. The summed E-state index contributed by atoms with van der Waals surface area (Å²) in [5.41, 5.74) is 6.50. The number of allylic oxidation sites excluding steroid dienone is 1. The van der Waals surface area contributed by atoms with Gasteiger partial charge in [-0.2, -0.15) is 10.4 Å². The number of H-pyrrole nitrogens is 1. The molecule has 0 aliphatic heterocycles. The summed E-state index contributed by atoms with van der Waals surface area (Å²) in [6.45, 7) is 0.441. The molecule has 6 nitrogen and oxygen atoms in total. The Balaban J connectivity index is 1.34.